The van der Waals surface area contributed by atoms with Gasteiger partial charge in [-0.15, -0.1) is 0 Å². The fourth-order valence-electron chi connectivity index (χ4n) is 6.07. The van der Waals surface area contributed by atoms with E-state index in [2.05, 4.69) is 0 Å². The van der Waals surface area contributed by atoms with Gasteiger partial charge >= 0.3 is 12.1 Å². The fourth-order valence-corrected chi connectivity index (χ4v) is 6.07. The van der Waals surface area contributed by atoms with Crippen LogP contribution in [0.4, 0.5) is 13.2 Å². The Morgan fingerprint density at radius 1 is 1.14 bits per heavy atom. The van der Waals surface area contributed by atoms with Crippen LogP contribution in [-0.4, -0.2) is 16.1 Å². The van der Waals surface area contributed by atoms with Gasteiger partial charge in [0.05, 0.1) is 23.0 Å². The lowest BCUT2D eigenvalue weighted by Crippen LogP contribution is -2.29. The lowest BCUT2D eigenvalue weighted by atomic mass is 9.77. The minimum Gasteiger partial charge on any atom is -0.456 e. The Balaban J connectivity index is 1.74. The number of carbonyl (C=O) groups excluding carboxylic acids is 1. The van der Waals surface area contributed by atoms with Crippen molar-refractivity contribution in [1.29, 1.82) is 0 Å². The van der Waals surface area contributed by atoms with Crippen molar-refractivity contribution < 1.29 is 32.5 Å². The molecule has 188 valence electrons. The van der Waals surface area contributed by atoms with Crippen LogP contribution >= 0.6 is 0 Å². The molecule has 5 rings (SSSR count). The Bertz CT molecular complexity index is 1140. The summed E-state index contributed by atoms with van der Waals surface area (Å²) in [4.78, 5) is 16.8. The molecule has 5 nitrogen and oxygen atoms in total. The number of benzene rings is 1. The lowest BCUT2D eigenvalue weighted by molar-refractivity contribution is -0.148. The number of alkyl halides is 3. The maximum atomic E-state index is 13.2. The maximum absolute atomic E-state index is 13.2. The molecule has 1 spiro atoms. The summed E-state index contributed by atoms with van der Waals surface area (Å²) in [5, 5.41) is 11.2. The molecule has 0 bridgehead atoms. The molecule has 35 heavy (non-hydrogen) atoms. The largest absolute Gasteiger partial charge is 0.456 e. The third kappa shape index (κ3) is 4.04. The number of pyridine rings is 1. The van der Waals surface area contributed by atoms with Crippen molar-refractivity contribution in [2.75, 3.05) is 0 Å². The summed E-state index contributed by atoms with van der Waals surface area (Å²) in [6.07, 6.45) is -1.97. The molecule has 0 saturated heterocycles. The van der Waals surface area contributed by atoms with Crippen molar-refractivity contribution in [1.82, 2.24) is 4.98 Å². The standard InChI is InChI=1S/C27H30F3NO4/c1-14(2)23-21-22(20-18(33)10-11-19(24(20)31-23)34-15(3)32)26(12-4-5-13-26)35-25(21)16-6-8-17(9-7-16)27(28,29)30/h6-9,14,18-19,25,33H,4-5,10-13H2,1-3H3/t18-,19-,25+/m0/s1. The zero-order valence-corrected chi connectivity index (χ0v) is 20.1. The van der Waals surface area contributed by atoms with Crippen LogP contribution in [-0.2, 0) is 26.0 Å². The summed E-state index contributed by atoms with van der Waals surface area (Å²) in [7, 11) is 0. The van der Waals surface area contributed by atoms with Gasteiger partial charge in [0, 0.05) is 23.7 Å². The molecule has 2 aliphatic carbocycles. The number of carbonyl (C=O) groups is 1. The Morgan fingerprint density at radius 3 is 2.37 bits per heavy atom. The molecule has 3 atom stereocenters. The Labute approximate surface area is 202 Å². The van der Waals surface area contributed by atoms with E-state index in [9.17, 15) is 23.1 Å². The van der Waals surface area contributed by atoms with E-state index in [4.69, 9.17) is 14.5 Å². The molecule has 0 amide bonds. The first-order chi connectivity index (χ1) is 16.5. The van der Waals surface area contributed by atoms with Crippen molar-refractivity contribution in [3.8, 4) is 0 Å². The predicted octanol–water partition coefficient (Wildman–Crippen LogP) is 6.54. The first-order valence-electron chi connectivity index (χ1n) is 12.3. The molecular weight excluding hydrogens is 459 g/mol. The number of aromatic nitrogens is 1. The van der Waals surface area contributed by atoms with Gasteiger partial charge in [-0.05, 0) is 54.9 Å². The number of hydrogen-bond donors (Lipinski definition) is 1. The Kier molecular flexibility index (Phi) is 5.95. The second kappa shape index (κ2) is 8.59. The third-order valence-electron chi connectivity index (χ3n) is 7.54. The van der Waals surface area contributed by atoms with Crippen LogP contribution in [0.1, 0.15) is 123 Å². The summed E-state index contributed by atoms with van der Waals surface area (Å²) < 4.78 is 52.0. The van der Waals surface area contributed by atoms with E-state index in [1.165, 1.54) is 19.1 Å². The topological polar surface area (TPSA) is 68.7 Å². The molecule has 2 aromatic rings. The molecular formula is C27H30F3NO4. The average Bonchev–Trinajstić information content (AvgIpc) is 3.40. The molecule has 1 fully saturated rings. The van der Waals surface area contributed by atoms with Gasteiger partial charge in [0.15, 0.2) is 0 Å². The molecule has 0 radical (unpaired) electrons. The van der Waals surface area contributed by atoms with E-state index >= 15 is 0 Å². The Morgan fingerprint density at radius 2 is 1.80 bits per heavy atom. The number of ether oxygens (including phenoxy) is 2. The van der Waals surface area contributed by atoms with Crippen LogP contribution < -0.4 is 0 Å². The molecule has 8 heteroatoms. The van der Waals surface area contributed by atoms with Gasteiger partial charge < -0.3 is 14.6 Å². The molecule has 1 saturated carbocycles. The van der Waals surface area contributed by atoms with E-state index in [-0.39, 0.29) is 5.92 Å². The van der Waals surface area contributed by atoms with Gasteiger partial charge in [0.2, 0.25) is 0 Å². The van der Waals surface area contributed by atoms with Gasteiger partial charge in [0.25, 0.3) is 0 Å². The summed E-state index contributed by atoms with van der Waals surface area (Å²) in [6.45, 7) is 5.39. The second-order valence-corrected chi connectivity index (χ2v) is 10.2. The van der Waals surface area contributed by atoms with Crippen LogP contribution in [0.2, 0.25) is 0 Å². The summed E-state index contributed by atoms with van der Waals surface area (Å²) in [5.41, 5.74) is 3.09. The monoisotopic (exact) mass is 489 g/mol. The van der Waals surface area contributed by atoms with Crippen molar-refractivity contribution >= 4 is 5.97 Å². The number of esters is 1. The minimum atomic E-state index is -4.42. The third-order valence-corrected chi connectivity index (χ3v) is 7.54. The first-order valence-corrected chi connectivity index (χ1v) is 12.3. The number of aliphatic hydroxyl groups excluding tert-OH is 1. The average molecular weight is 490 g/mol. The number of halogens is 3. The van der Waals surface area contributed by atoms with E-state index in [0.717, 1.165) is 54.6 Å². The number of aliphatic hydroxyl groups is 1. The smallest absolute Gasteiger partial charge is 0.416 e. The van der Waals surface area contributed by atoms with Gasteiger partial charge in [-0.3, -0.25) is 9.78 Å². The summed E-state index contributed by atoms with van der Waals surface area (Å²) in [5.74, 6) is -0.414. The minimum absolute atomic E-state index is 0.0109. The molecule has 3 aliphatic rings. The highest BCUT2D eigenvalue weighted by molar-refractivity contribution is 5.66. The van der Waals surface area contributed by atoms with Gasteiger partial charge in [-0.2, -0.15) is 13.2 Å². The van der Waals surface area contributed by atoms with Crippen molar-refractivity contribution in [2.24, 2.45) is 0 Å². The first kappa shape index (κ1) is 24.3. The molecule has 2 heterocycles. The molecule has 1 aromatic heterocycles. The number of rotatable bonds is 3. The predicted molar refractivity (Wildman–Crippen MR) is 122 cm³/mol. The van der Waals surface area contributed by atoms with Crippen LogP contribution in [0.15, 0.2) is 24.3 Å². The molecule has 1 aromatic carbocycles. The van der Waals surface area contributed by atoms with E-state index in [1.54, 1.807) is 0 Å². The quantitative estimate of drug-likeness (QED) is 0.496. The second-order valence-electron chi connectivity index (χ2n) is 10.2. The van der Waals surface area contributed by atoms with Gasteiger partial charge in [0.1, 0.15) is 12.2 Å². The van der Waals surface area contributed by atoms with Gasteiger partial charge in [-0.1, -0.05) is 38.8 Å². The van der Waals surface area contributed by atoms with Crippen molar-refractivity contribution in [2.45, 2.75) is 95.3 Å². The zero-order chi connectivity index (χ0) is 25.1. The van der Waals surface area contributed by atoms with Crippen LogP contribution in [0.3, 0.4) is 0 Å². The SMILES string of the molecule is CC(=O)O[C@H]1CC[C@H](O)c2c1nc(C(C)C)c1c2C2(CCCC2)O[C@@H]1c1ccc(C(F)(F)F)cc1. The molecule has 1 N–H and O–H groups in total. The fraction of sp³-hybridized carbons (Fsp3) is 0.556. The van der Waals surface area contributed by atoms with Crippen molar-refractivity contribution in [3.63, 3.8) is 0 Å². The van der Waals surface area contributed by atoms with Crippen LogP contribution in [0.5, 0.6) is 0 Å². The summed E-state index contributed by atoms with van der Waals surface area (Å²) >= 11 is 0. The lowest BCUT2D eigenvalue weighted by Gasteiger charge is -2.34. The van der Waals surface area contributed by atoms with Gasteiger partial charge in [-0.25, -0.2) is 0 Å². The normalized spacial score (nSPS) is 25.1. The van der Waals surface area contributed by atoms with Crippen molar-refractivity contribution in [3.05, 3.63) is 63.5 Å². The summed E-state index contributed by atoms with van der Waals surface area (Å²) in [6, 6.07) is 5.13. The zero-order valence-electron chi connectivity index (χ0n) is 20.1. The molecule has 0 unspecified atom stereocenters. The van der Waals surface area contributed by atoms with E-state index in [0.29, 0.717) is 29.7 Å². The van der Waals surface area contributed by atoms with E-state index in [1.807, 2.05) is 13.8 Å². The number of hydrogen-bond acceptors (Lipinski definition) is 5. The maximum Gasteiger partial charge on any atom is 0.416 e. The number of nitrogens with zero attached hydrogens (tertiary/aromatic N) is 1. The highest BCUT2D eigenvalue weighted by Gasteiger charge is 2.52. The molecule has 1 aliphatic heterocycles. The number of fused-ring (bicyclic) bond motifs is 4. The van der Waals surface area contributed by atoms with Crippen LogP contribution in [0, 0.1) is 0 Å². The van der Waals surface area contributed by atoms with Crippen LogP contribution in [0.25, 0.3) is 0 Å². The highest BCUT2D eigenvalue weighted by Crippen LogP contribution is 2.59. The Hall–Kier alpha value is -2.45. The highest BCUT2D eigenvalue weighted by atomic mass is 19.4. The van der Waals surface area contributed by atoms with E-state index < -0.39 is 41.6 Å².